The predicted octanol–water partition coefficient (Wildman–Crippen LogP) is 3.59. The van der Waals surface area contributed by atoms with Gasteiger partial charge in [-0.2, -0.15) is 0 Å². The van der Waals surface area contributed by atoms with Crippen molar-refractivity contribution in [2.24, 2.45) is 0 Å². The molecule has 0 unspecified atom stereocenters. The second-order valence-corrected chi connectivity index (χ2v) is 7.22. The summed E-state index contributed by atoms with van der Waals surface area (Å²) in [6.45, 7) is 5.73. The number of hydrogen-bond donors (Lipinski definition) is 0. The molecule has 2 rings (SSSR count). The van der Waals surface area contributed by atoms with Crippen LogP contribution in [0.15, 0.2) is 29.2 Å². The van der Waals surface area contributed by atoms with E-state index in [2.05, 4.69) is 0 Å². The van der Waals surface area contributed by atoms with Crippen molar-refractivity contribution in [2.75, 3.05) is 0 Å². The first-order valence-electron chi connectivity index (χ1n) is 6.22. The van der Waals surface area contributed by atoms with E-state index in [0.29, 0.717) is 14.8 Å². The van der Waals surface area contributed by atoms with Crippen molar-refractivity contribution in [1.82, 2.24) is 4.90 Å². The van der Waals surface area contributed by atoms with Crippen LogP contribution in [0.3, 0.4) is 0 Å². The van der Waals surface area contributed by atoms with Crippen LogP contribution in [0, 0.1) is 10.1 Å². The molecule has 0 bridgehead atoms. The first kappa shape index (κ1) is 15.7. The zero-order valence-corrected chi connectivity index (χ0v) is 13.5. The Kier molecular flexibility index (Phi) is 4.15. The van der Waals surface area contributed by atoms with Gasteiger partial charge in [0, 0.05) is 17.7 Å². The SMILES string of the molecule is CC(C)(C)N1C(=O)/C(=C/c2cccc([N+](=O)[O-])c2)SC1=S. The molecule has 110 valence electrons. The molecule has 0 N–H and O–H groups in total. The molecular formula is C14H14N2O3S2. The summed E-state index contributed by atoms with van der Waals surface area (Å²) in [5.74, 6) is -0.163. The number of non-ortho nitro benzene ring substituents is 1. The van der Waals surface area contributed by atoms with E-state index >= 15 is 0 Å². The Balaban J connectivity index is 2.35. The number of hydrogen-bond acceptors (Lipinski definition) is 5. The van der Waals surface area contributed by atoms with Crippen molar-refractivity contribution in [2.45, 2.75) is 26.3 Å². The number of rotatable bonds is 2. The van der Waals surface area contributed by atoms with Crippen LogP contribution in [0.2, 0.25) is 0 Å². The lowest BCUT2D eigenvalue weighted by Crippen LogP contribution is -2.44. The molecule has 1 heterocycles. The molecule has 1 aromatic rings. The Hall–Kier alpha value is -1.73. The fourth-order valence-electron chi connectivity index (χ4n) is 1.93. The Morgan fingerprint density at radius 1 is 1.38 bits per heavy atom. The molecule has 21 heavy (non-hydrogen) atoms. The molecule has 0 aromatic heterocycles. The van der Waals surface area contributed by atoms with Crippen LogP contribution < -0.4 is 0 Å². The monoisotopic (exact) mass is 322 g/mol. The van der Waals surface area contributed by atoms with Crippen molar-refractivity contribution < 1.29 is 9.72 Å². The number of thioether (sulfide) groups is 1. The van der Waals surface area contributed by atoms with E-state index in [4.69, 9.17) is 12.2 Å². The maximum Gasteiger partial charge on any atom is 0.270 e. The number of nitrogens with zero attached hydrogens (tertiary/aromatic N) is 2. The predicted molar refractivity (Wildman–Crippen MR) is 87.9 cm³/mol. The van der Waals surface area contributed by atoms with E-state index in [1.54, 1.807) is 23.1 Å². The molecule has 0 atom stereocenters. The van der Waals surface area contributed by atoms with Crippen LogP contribution in [0.25, 0.3) is 6.08 Å². The smallest absolute Gasteiger partial charge is 0.270 e. The Morgan fingerprint density at radius 3 is 2.57 bits per heavy atom. The van der Waals surface area contributed by atoms with Crippen molar-refractivity contribution in [3.8, 4) is 0 Å². The van der Waals surface area contributed by atoms with Gasteiger partial charge in [-0.15, -0.1) is 0 Å². The summed E-state index contributed by atoms with van der Waals surface area (Å²) in [6, 6.07) is 6.16. The van der Waals surface area contributed by atoms with E-state index in [1.807, 2.05) is 20.8 Å². The molecule has 1 aromatic carbocycles. The molecule has 0 radical (unpaired) electrons. The molecule has 5 nitrogen and oxygen atoms in total. The summed E-state index contributed by atoms with van der Waals surface area (Å²) in [5, 5.41) is 10.8. The largest absolute Gasteiger partial charge is 0.288 e. The van der Waals surface area contributed by atoms with Gasteiger partial charge in [0.15, 0.2) is 0 Å². The van der Waals surface area contributed by atoms with Gasteiger partial charge in [0.05, 0.1) is 9.83 Å². The van der Waals surface area contributed by atoms with Crippen molar-refractivity contribution in [1.29, 1.82) is 0 Å². The number of benzene rings is 1. The summed E-state index contributed by atoms with van der Waals surface area (Å²) in [5.41, 5.74) is 0.216. The number of thiocarbonyl (C=S) groups is 1. The summed E-state index contributed by atoms with van der Waals surface area (Å²) in [4.78, 5) is 24.8. The normalized spacial score (nSPS) is 17.7. The molecule has 1 aliphatic heterocycles. The fraction of sp³-hybridized carbons (Fsp3) is 0.286. The van der Waals surface area contributed by atoms with Crippen molar-refractivity contribution in [3.63, 3.8) is 0 Å². The minimum atomic E-state index is -0.461. The lowest BCUT2D eigenvalue weighted by molar-refractivity contribution is -0.384. The Morgan fingerprint density at radius 2 is 2.05 bits per heavy atom. The summed E-state index contributed by atoms with van der Waals surface area (Å²) in [6.07, 6.45) is 1.64. The van der Waals surface area contributed by atoms with E-state index in [-0.39, 0.29) is 17.1 Å². The van der Waals surface area contributed by atoms with Crippen LogP contribution >= 0.6 is 24.0 Å². The summed E-state index contributed by atoms with van der Waals surface area (Å²) >= 11 is 6.46. The quantitative estimate of drug-likeness (QED) is 0.360. The van der Waals surface area contributed by atoms with Crippen LogP contribution in [0.4, 0.5) is 5.69 Å². The van der Waals surface area contributed by atoms with E-state index in [1.165, 1.54) is 23.9 Å². The highest BCUT2D eigenvalue weighted by molar-refractivity contribution is 8.26. The lowest BCUT2D eigenvalue weighted by Gasteiger charge is -2.30. The average molecular weight is 322 g/mol. The minimum absolute atomic E-state index is 0.00458. The number of carbonyl (C=O) groups excluding carboxylic acids is 1. The Bertz CT molecular complexity index is 662. The van der Waals surface area contributed by atoms with Crippen LogP contribution in [-0.4, -0.2) is 25.6 Å². The maximum absolute atomic E-state index is 12.4. The number of nitro benzene ring substituents is 1. The van der Waals surface area contributed by atoms with Crippen molar-refractivity contribution >= 4 is 46.0 Å². The van der Waals surface area contributed by atoms with Gasteiger partial charge in [-0.25, -0.2) is 0 Å². The zero-order chi connectivity index (χ0) is 15.8. The second-order valence-electron chi connectivity index (χ2n) is 5.54. The first-order valence-corrected chi connectivity index (χ1v) is 7.45. The highest BCUT2D eigenvalue weighted by atomic mass is 32.2. The van der Waals surface area contributed by atoms with Gasteiger partial charge in [0.1, 0.15) is 4.32 Å². The summed E-state index contributed by atoms with van der Waals surface area (Å²) < 4.78 is 0.504. The third-order valence-electron chi connectivity index (χ3n) is 2.84. The number of nitro groups is 1. The van der Waals surface area contributed by atoms with Gasteiger partial charge in [-0.1, -0.05) is 36.1 Å². The molecule has 1 fully saturated rings. The van der Waals surface area contributed by atoms with Gasteiger partial charge < -0.3 is 0 Å². The molecule has 1 aliphatic rings. The van der Waals surface area contributed by atoms with E-state index < -0.39 is 4.92 Å². The van der Waals surface area contributed by atoms with E-state index in [0.717, 1.165) is 0 Å². The van der Waals surface area contributed by atoms with Crippen LogP contribution in [-0.2, 0) is 4.79 Å². The molecule has 0 aliphatic carbocycles. The molecule has 1 amide bonds. The third-order valence-corrected chi connectivity index (χ3v) is 4.15. The minimum Gasteiger partial charge on any atom is -0.288 e. The van der Waals surface area contributed by atoms with E-state index in [9.17, 15) is 14.9 Å². The summed E-state index contributed by atoms with van der Waals surface area (Å²) in [7, 11) is 0. The highest BCUT2D eigenvalue weighted by Gasteiger charge is 2.38. The second kappa shape index (κ2) is 5.57. The van der Waals surface area contributed by atoms with Crippen LogP contribution in [0.5, 0.6) is 0 Å². The van der Waals surface area contributed by atoms with Gasteiger partial charge in [0.25, 0.3) is 11.6 Å². The van der Waals surface area contributed by atoms with Gasteiger partial charge in [-0.3, -0.25) is 19.8 Å². The zero-order valence-electron chi connectivity index (χ0n) is 11.8. The molecule has 0 saturated carbocycles. The topological polar surface area (TPSA) is 63.5 Å². The van der Waals surface area contributed by atoms with Gasteiger partial charge in [0.2, 0.25) is 0 Å². The van der Waals surface area contributed by atoms with Crippen LogP contribution in [0.1, 0.15) is 26.3 Å². The third kappa shape index (κ3) is 3.30. The molecular weight excluding hydrogens is 308 g/mol. The number of amides is 1. The van der Waals surface area contributed by atoms with Gasteiger partial charge in [-0.05, 0) is 32.4 Å². The fourth-order valence-corrected chi connectivity index (χ4v) is 3.56. The van der Waals surface area contributed by atoms with Crippen molar-refractivity contribution in [3.05, 3.63) is 44.8 Å². The Labute approximate surface area is 132 Å². The maximum atomic E-state index is 12.4. The molecule has 0 spiro atoms. The molecule has 1 saturated heterocycles. The first-order chi connectivity index (χ1) is 9.70. The standard InChI is InChI=1S/C14H14N2O3S2/c1-14(2,3)15-12(17)11(21-13(15)20)8-9-5-4-6-10(7-9)16(18)19/h4-8H,1-3H3/b11-8-. The molecule has 7 heteroatoms. The number of carbonyl (C=O) groups is 1. The highest BCUT2D eigenvalue weighted by Crippen LogP contribution is 2.37. The lowest BCUT2D eigenvalue weighted by atomic mass is 10.1. The average Bonchev–Trinajstić information content (AvgIpc) is 2.64. The van der Waals surface area contributed by atoms with Gasteiger partial charge >= 0.3 is 0 Å².